The number of nitrogens with one attached hydrogen (secondary N) is 2. The zero-order valence-electron chi connectivity index (χ0n) is 16.6. The van der Waals surface area contributed by atoms with Crippen LogP contribution in [0.3, 0.4) is 0 Å². The molecule has 0 spiro atoms. The fourth-order valence-corrected chi connectivity index (χ4v) is 3.63. The van der Waals surface area contributed by atoms with Gasteiger partial charge in [0.05, 0.1) is 25.7 Å². The van der Waals surface area contributed by atoms with Gasteiger partial charge >= 0.3 is 0 Å². The zero-order chi connectivity index (χ0) is 21.6. The average molecular weight is 421 g/mol. The summed E-state index contributed by atoms with van der Waals surface area (Å²) in [6, 6.07) is 10.7. The summed E-state index contributed by atoms with van der Waals surface area (Å²) in [5, 5.41) is 5.23. The third-order valence-electron chi connectivity index (χ3n) is 3.92. The maximum atomic E-state index is 12.7. The first-order valence-corrected chi connectivity index (χ1v) is 9.97. The van der Waals surface area contributed by atoms with Gasteiger partial charge in [0.2, 0.25) is 21.8 Å². The molecule has 0 aliphatic rings. The van der Waals surface area contributed by atoms with E-state index in [1.807, 2.05) is 0 Å². The smallest absolute Gasteiger partial charge is 0.243 e. The van der Waals surface area contributed by atoms with Crippen molar-refractivity contribution in [1.82, 2.24) is 4.31 Å². The highest BCUT2D eigenvalue weighted by atomic mass is 32.2. The number of benzene rings is 2. The van der Waals surface area contributed by atoms with Crippen molar-refractivity contribution in [2.24, 2.45) is 0 Å². The fraction of sp³-hybridized carbons (Fsp3) is 0.263. The quantitative estimate of drug-likeness (QED) is 0.673. The van der Waals surface area contributed by atoms with E-state index in [0.717, 1.165) is 4.31 Å². The molecule has 2 aromatic rings. The SMILES string of the molecule is COc1ccc(S(=O)(=O)N(C)CC(=O)Nc2ccc(NC(C)=O)cc2)cc1OC. The Morgan fingerprint density at radius 2 is 1.48 bits per heavy atom. The molecule has 29 heavy (non-hydrogen) atoms. The largest absolute Gasteiger partial charge is 0.493 e. The van der Waals surface area contributed by atoms with Gasteiger partial charge in [0.1, 0.15) is 0 Å². The van der Waals surface area contributed by atoms with E-state index >= 15 is 0 Å². The molecule has 0 heterocycles. The van der Waals surface area contributed by atoms with Crippen LogP contribution in [0.15, 0.2) is 47.4 Å². The van der Waals surface area contributed by atoms with Crippen molar-refractivity contribution >= 4 is 33.2 Å². The van der Waals surface area contributed by atoms with Crippen molar-refractivity contribution in [3.63, 3.8) is 0 Å². The van der Waals surface area contributed by atoms with Crippen LogP contribution in [-0.4, -0.2) is 52.3 Å². The Hall–Kier alpha value is -3.11. The zero-order valence-corrected chi connectivity index (χ0v) is 17.4. The van der Waals surface area contributed by atoms with Gasteiger partial charge in [-0.2, -0.15) is 4.31 Å². The molecule has 0 bridgehead atoms. The topological polar surface area (TPSA) is 114 Å². The minimum Gasteiger partial charge on any atom is -0.493 e. The van der Waals surface area contributed by atoms with Gasteiger partial charge in [-0.15, -0.1) is 0 Å². The first-order chi connectivity index (χ1) is 13.7. The number of methoxy groups -OCH3 is 2. The van der Waals surface area contributed by atoms with Crippen LogP contribution in [0, 0.1) is 0 Å². The van der Waals surface area contributed by atoms with Gasteiger partial charge < -0.3 is 20.1 Å². The normalized spacial score (nSPS) is 11.1. The molecule has 2 aromatic carbocycles. The van der Waals surface area contributed by atoms with Gasteiger partial charge in [-0.25, -0.2) is 8.42 Å². The van der Waals surface area contributed by atoms with E-state index in [2.05, 4.69) is 10.6 Å². The lowest BCUT2D eigenvalue weighted by atomic mass is 10.2. The molecule has 2 rings (SSSR count). The van der Waals surface area contributed by atoms with E-state index in [1.165, 1.54) is 46.4 Å². The number of ether oxygens (including phenoxy) is 2. The van der Waals surface area contributed by atoms with Crippen LogP contribution in [-0.2, 0) is 19.6 Å². The lowest BCUT2D eigenvalue weighted by Gasteiger charge is -2.18. The fourth-order valence-electron chi connectivity index (χ4n) is 2.48. The molecule has 0 radical (unpaired) electrons. The molecule has 0 aromatic heterocycles. The van der Waals surface area contributed by atoms with Crippen molar-refractivity contribution in [2.45, 2.75) is 11.8 Å². The lowest BCUT2D eigenvalue weighted by Crippen LogP contribution is -2.35. The number of rotatable bonds is 8. The van der Waals surface area contributed by atoms with Crippen molar-refractivity contribution in [3.8, 4) is 11.5 Å². The predicted molar refractivity (Wildman–Crippen MR) is 109 cm³/mol. The number of carbonyl (C=O) groups is 2. The number of anilines is 2. The molecular formula is C19H23N3O6S. The number of amides is 2. The Balaban J connectivity index is 2.07. The molecule has 0 atom stereocenters. The number of hydrogen-bond acceptors (Lipinski definition) is 6. The van der Waals surface area contributed by atoms with E-state index in [0.29, 0.717) is 17.1 Å². The Morgan fingerprint density at radius 1 is 0.931 bits per heavy atom. The second kappa shape index (κ2) is 9.39. The lowest BCUT2D eigenvalue weighted by molar-refractivity contribution is -0.116. The summed E-state index contributed by atoms with van der Waals surface area (Å²) in [6.07, 6.45) is 0. The first-order valence-electron chi connectivity index (χ1n) is 8.53. The summed E-state index contributed by atoms with van der Waals surface area (Å²) in [6.45, 7) is 1.01. The van der Waals surface area contributed by atoms with Gasteiger partial charge in [0.15, 0.2) is 11.5 Å². The van der Waals surface area contributed by atoms with Crippen molar-refractivity contribution in [1.29, 1.82) is 0 Å². The molecular weight excluding hydrogens is 398 g/mol. The van der Waals surface area contributed by atoms with Crippen LogP contribution in [0.5, 0.6) is 11.5 Å². The third kappa shape index (κ3) is 5.69. The first kappa shape index (κ1) is 22.2. The minimum absolute atomic E-state index is 0.0230. The highest BCUT2D eigenvalue weighted by molar-refractivity contribution is 7.89. The Morgan fingerprint density at radius 3 is 2.00 bits per heavy atom. The molecule has 2 N–H and O–H groups in total. The molecule has 0 aliphatic heterocycles. The van der Waals surface area contributed by atoms with E-state index in [9.17, 15) is 18.0 Å². The molecule has 0 unspecified atom stereocenters. The van der Waals surface area contributed by atoms with Gasteiger partial charge in [-0.05, 0) is 36.4 Å². The average Bonchev–Trinajstić information content (AvgIpc) is 2.68. The van der Waals surface area contributed by atoms with Crippen LogP contribution in [0.1, 0.15) is 6.92 Å². The van der Waals surface area contributed by atoms with E-state index in [-0.39, 0.29) is 23.1 Å². The van der Waals surface area contributed by atoms with Gasteiger partial charge in [0.25, 0.3) is 0 Å². The van der Waals surface area contributed by atoms with E-state index in [4.69, 9.17) is 9.47 Å². The molecule has 0 saturated heterocycles. The molecule has 10 heteroatoms. The Bertz CT molecular complexity index is 990. The molecule has 156 valence electrons. The molecule has 0 saturated carbocycles. The number of sulfonamides is 1. The highest BCUT2D eigenvalue weighted by Gasteiger charge is 2.24. The minimum atomic E-state index is -3.91. The molecule has 0 aliphatic carbocycles. The van der Waals surface area contributed by atoms with Crippen LogP contribution in [0.25, 0.3) is 0 Å². The summed E-state index contributed by atoms with van der Waals surface area (Å²) in [7, 11) is 0.251. The standard InChI is InChI=1S/C19H23N3O6S/c1-13(23)20-14-5-7-15(8-6-14)21-19(24)12-22(2)29(25,26)16-9-10-17(27-3)18(11-16)28-4/h5-11H,12H2,1-4H3,(H,20,23)(H,21,24). The second-order valence-electron chi connectivity index (χ2n) is 6.08. The van der Waals surface area contributed by atoms with Crippen LogP contribution in [0.2, 0.25) is 0 Å². The second-order valence-corrected chi connectivity index (χ2v) is 8.13. The van der Waals surface area contributed by atoms with Crippen LogP contribution in [0.4, 0.5) is 11.4 Å². The Kier molecular flexibility index (Phi) is 7.18. The summed E-state index contributed by atoms with van der Waals surface area (Å²) in [5.41, 5.74) is 1.06. The van der Waals surface area contributed by atoms with Gasteiger partial charge in [-0.3, -0.25) is 9.59 Å². The summed E-state index contributed by atoms with van der Waals surface area (Å²) >= 11 is 0. The van der Waals surface area contributed by atoms with E-state index < -0.39 is 15.9 Å². The maximum absolute atomic E-state index is 12.7. The molecule has 2 amide bonds. The number of likely N-dealkylation sites (N-methyl/N-ethyl adjacent to an activating group) is 1. The van der Waals surface area contributed by atoms with Crippen molar-refractivity contribution in [3.05, 3.63) is 42.5 Å². The molecule has 9 nitrogen and oxygen atoms in total. The van der Waals surface area contributed by atoms with Crippen molar-refractivity contribution in [2.75, 3.05) is 38.4 Å². The van der Waals surface area contributed by atoms with Gasteiger partial charge in [-0.1, -0.05) is 0 Å². The Labute approximate surface area is 169 Å². The maximum Gasteiger partial charge on any atom is 0.243 e. The number of nitrogens with zero attached hydrogens (tertiary/aromatic N) is 1. The summed E-state index contributed by atoms with van der Waals surface area (Å²) in [4.78, 5) is 23.3. The van der Waals surface area contributed by atoms with Crippen LogP contribution >= 0.6 is 0 Å². The van der Waals surface area contributed by atoms with Gasteiger partial charge in [0, 0.05) is 31.4 Å². The van der Waals surface area contributed by atoms with Crippen molar-refractivity contribution < 1.29 is 27.5 Å². The number of hydrogen-bond donors (Lipinski definition) is 2. The predicted octanol–water partition coefficient (Wildman–Crippen LogP) is 1.92. The summed E-state index contributed by atoms with van der Waals surface area (Å²) in [5.74, 6) is -0.0483. The van der Waals surface area contributed by atoms with Crippen LogP contribution < -0.4 is 20.1 Å². The highest BCUT2D eigenvalue weighted by Crippen LogP contribution is 2.30. The monoisotopic (exact) mass is 421 g/mol. The third-order valence-corrected chi connectivity index (χ3v) is 5.72. The van der Waals surface area contributed by atoms with E-state index in [1.54, 1.807) is 24.3 Å². The molecule has 0 fully saturated rings. The number of carbonyl (C=O) groups excluding carboxylic acids is 2. The summed E-state index contributed by atoms with van der Waals surface area (Å²) < 4.78 is 36.7.